The topological polar surface area (TPSA) is 107 Å². The minimum Gasteiger partial charge on any atom is -0.481 e. The van der Waals surface area contributed by atoms with Crippen molar-refractivity contribution in [2.45, 2.75) is 44.8 Å². The molecule has 2 N–H and O–H groups in total. The maximum Gasteiger partial charge on any atom is 0.310 e. The summed E-state index contributed by atoms with van der Waals surface area (Å²) >= 11 is 0. The molecule has 1 saturated carbocycles. The summed E-state index contributed by atoms with van der Waals surface area (Å²) < 4.78 is 25.7. The standard InChI is InChI=1S/C12H20N2O4S/c1-9-3-5-12(6-4-9,11(15)16)8-14-19(17,18)10(2)7-13/h9-10,14H,3-6,8H2,1-2H3,(H,15,16). The van der Waals surface area contributed by atoms with Gasteiger partial charge in [0.15, 0.2) is 5.25 Å². The normalized spacial score (nSPS) is 29.4. The highest BCUT2D eigenvalue weighted by Gasteiger charge is 2.42. The van der Waals surface area contributed by atoms with Gasteiger partial charge in [-0.05, 0) is 38.5 Å². The highest BCUT2D eigenvalue weighted by molar-refractivity contribution is 7.90. The molecular weight excluding hydrogens is 268 g/mol. The van der Waals surface area contributed by atoms with Gasteiger partial charge in [0.2, 0.25) is 10.0 Å². The third-order valence-corrected chi connectivity index (χ3v) is 5.53. The lowest BCUT2D eigenvalue weighted by atomic mass is 9.71. The fraction of sp³-hybridized carbons (Fsp3) is 0.833. The van der Waals surface area contributed by atoms with E-state index < -0.39 is 26.7 Å². The lowest BCUT2D eigenvalue weighted by molar-refractivity contribution is -0.151. The van der Waals surface area contributed by atoms with Crippen molar-refractivity contribution in [3.8, 4) is 6.07 Å². The van der Waals surface area contributed by atoms with Crippen molar-refractivity contribution in [3.05, 3.63) is 0 Å². The quantitative estimate of drug-likeness (QED) is 0.787. The predicted octanol–water partition coefficient (Wildman–Crippen LogP) is 1.10. The Bertz CT molecular complexity index is 472. The van der Waals surface area contributed by atoms with Crippen molar-refractivity contribution in [2.75, 3.05) is 6.54 Å². The molecule has 1 fully saturated rings. The highest BCUT2D eigenvalue weighted by Crippen LogP contribution is 2.38. The Morgan fingerprint density at radius 2 is 2.05 bits per heavy atom. The van der Waals surface area contributed by atoms with E-state index in [0.717, 1.165) is 12.8 Å². The maximum absolute atomic E-state index is 11.7. The zero-order chi connectivity index (χ0) is 14.7. The fourth-order valence-corrected chi connectivity index (χ4v) is 3.08. The first-order valence-electron chi connectivity index (χ1n) is 6.35. The Hall–Kier alpha value is -1.13. The van der Waals surface area contributed by atoms with E-state index >= 15 is 0 Å². The Labute approximate surface area is 113 Å². The Morgan fingerprint density at radius 3 is 2.47 bits per heavy atom. The smallest absolute Gasteiger partial charge is 0.310 e. The first kappa shape index (κ1) is 15.9. The minimum absolute atomic E-state index is 0.136. The molecule has 0 aromatic rings. The number of nitriles is 1. The number of hydrogen-bond acceptors (Lipinski definition) is 4. The summed E-state index contributed by atoms with van der Waals surface area (Å²) in [6.07, 6.45) is 2.49. The number of carboxylic acids is 1. The van der Waals surface area contributed by atoms with Gasteiger partial charge in [-0.25, -0.2) is 13.1 Å². The van der Waals surface area contributed by atoms with Crippen molar-refractivity contribution in [3.63, 3.8) is 0 Å². The predicted molar refractivity (Wildman–Crippen MR) is 69.7 cm³/mol. The van der Waals surface area contributed by atoms with Crippen LogP contribution in [0.5, 0.6) is 0 Å². The van der Waals surface area contributed by atoms with Crippen LogP contribution in [0, 0.1) is 22.7 Å². The second-order valence-electron chi connectivity index (χ2n) is 5.41. The number of hydrogen-bond donors (Lipinski definition) is 2. The van der Waals surface area contributed by atoms with Gasteiger partial charge < -0.3 is 5.11 Å². The molecule has 1 rings (SSSR count). The molecule has 0 heterocycles. The second kappa shape index (κ2) is 5.88. The Kier molecular flexibility index (Phi) is 4.93. The van der Waals surface area contributed by atoms with Gasteiger partial charge in [0.05, 0.1) is 11.5 Å². The van der Waals surface area contributed by atoms with Crippen LogP contribution in [0.1, 0.15) is 39.5 Å². The maximum atomic E-state index is 11.7. The molecule has 0 bridgehead atoms. The lowest BCUT2D eigenvalue weighted by Crippen LogP contribution is -2.46. The van der Waals surface area contributed by atoms with Crippen LogP contribution in [0.3, 0.4) is 0 Å². The highest BCUT2D eigenvalue weighted by atomic mass is 32.2. The summed E-state index contributed by atoms with van der Waals surface area (Å²) in [5, 5.41) is 16.8. The van der Waals surface area contributed by atoms with Crippen LogP contribution in [0.4, 0.5) is 0 Å². The second-order valence-corrected chi connectivity index (χ2v) is 7.49. The summed E-state index contributed by atoms with van der Waals surface area (Å²) in [7, 11) is -3.77. The molecule has 0 radical (unpaired) electrons. The summed E-state index contributed by atoms with van der Waals surface area (Å²) in [4.78, 5) is 11.4. The van der Waals surface area contributed by atoms with Crippen molar-refractivity contribution in [1.82, 2.24) is 4.72 Å². The van der Waals surface area contributed by atoms with E-state index in [0.29, 0.717) is 18.8 Å². The van der Waals surface area contributed by atoms with Crippen LogP contribution in [-0.2, 0) is 14.8 Å². The number of nitrogens with one attached hydrogen (secondary N) is 1. The molecule has 0 spiro atoms. The molecule has 108 valence electrons. The third-order valence-electron chi connectivity index (χ3n) is 3.94. The minimum atomic E-state index is -3.77. The van der Waals surface area contributed by atoms with Crippen molar-refractivity contribution in [2.24, 2.45) is 11.3 Å². The van der Waals surface area contributed by atoms with E-state index in [1.807, 2.05) is 0 Å². The van der Waals surface area contributed by atoms with Crippen LogP contribution in [-0.4, -0.2) is 31.3 Å². The SMILES string of the molecule is CC1CCC(CNS(=O)(=O)C(C)C#N)(C(=O)O)CC1. The van der Waals surface area contributed by atoms with Crippen LogP contribution in [0.25, 0.3) is 0 Å². The molecule has 19 heavy (non-hydrogen) atoms. The molecule has 6 nitrogen and oxygen atoms in total. The van der Waals surface area contributed by atoms with Crippen molar-refractivity contribution in [1.29, 1.82) is 5.26 Å². The third kappa shape index (κ3) is 3.67. The molecule has 0 aromatic heterocycles. The zero-order valence-electron chi connectivity index (χ0n) is 11.2. The largest absolute Gasteiger partial charge is 0.481 e. The van der Waals surface area contributed by atoms with Gasteiger partial charge in [-0.2, -0.15) is 5.26 Å². The molecular formula is C12H20N2O4S. The van der Waals surface area contributed by atoms with Crippen molar-refractivity contribution >= 4 is 16.0 Å². The number of aliphatic carboxylic acids is 1. The van der Waals surface area contributed by atoms with Crippen LogP contribution < -0.4 is 4.72 Å². The van der Waals surface area contributed by atoms with Gasteiger partial charge in [0.25, 0.3) is 0 Å². The zero-order valence-corrected chi connectivity index (χ0v) is 12.0. The van der Waals surface area contributed by atoms with Gasteiger partial charge in [-0.15, -0.1) is 0 Å². The van der Waals surface area contributed by atoms with E-state index in [1.54, 1.807) is 6.07 Å². The van der Waals surface area contributed by atoms with Gasteiger partial charge in [0.1, 0.15) is 0 Å². The summed E-state index contributed by atoms with van der Waals surface area (Å²) in [6, 6.07) is 1.64. The van der Waals surface area contributed by atoms with Gasteiger partial charge in [-0.3, -0.25) is 4.79 Å². The average molecular weight is 288 g/mol. The first-order chi connectivity index (χ1) is 8.73. The fourth-order valence-electron chi connectivity index (χ4n) is 2.21. The molecule has 1 unspecified atom stereocenters. The van der Waals surface area contributed by atoms with Crippen LogP contribution in [0.15, 0.2) is 0 Å². The number of carbonyl (C=O) groups is 1. The van der Waals surface area contributed by atoms with Crippen LogP contribution in [0.2, 0.25) is 0 Å². The summed E-state index contributed by atoms with van der Waals surface area (Å²) in [6.45, 7) is 3.20. The first-order valence-corrected chi connectivity index (χ1v) is 7.89. The molecule has 0 amide bonds. The van der Waals surface area contributed by atoms with E-state index in [1.165, 1.54) is 6.92 Å². The molecule has 0 saturated heterocycles. The Balaban J connectivity index is 2.77. The number of nitrogens with zero attached hydrogens (tertiary/aromatic N) is 1. The van der Waals surface area contributed by atoms with E-state index in [2.05, 4.69) is 11.6 Å². The average Bonchev–Trinajstić information content (AvgIpc) is 2.37. The monoisotopic (exact) mass is 288 g/mol. The van der Waals surface area contributed by atoms with Gasteiger partial charge in [0, 0.05) is 6.54 Å². The van der Waals surface area contributed by atoms with Crippen molar-refractivity contribution < 1.29 is 18.3 Å². The summed E-state index contributed by atoms with van der Waals surface area (Å²) in [5.74, 6) is -0.492. The molecule has 1 atom stereocenters. The molecule has 1 aliphatic carbocycles. The molecule has 7 heteroatoms. The Morgan fingerprint density at radius 1 is 1.53 bits per heavy atom. The van der Waals surface area contributed by atoms with E-state index in [-0.39, 0.29) is 6.54 Å². The van der Waals surface area contributed by atoms with Crippen LogP contribution >= 0.6 is 0 Å². The number of rotatable bonds is 5. The number of sulfonamides is 1. The van der Waals surface area contributed by atoms with E-state index in [4.69, 9.17) is 5.26 Å². The molecule has 0 aliphatic heterocycles. The van der Waals surface area contributed by atoms with Gasteiger partial charge >= 0.3 is 5.97 Å². The number of carboxylic acid groups (broad SMARTS) is 1. The lowest BCUT2D eigenvalue weighted by Gasteiger charge is -2.35. The van der Waals surface area contributed by atoms with Gasteiger partial charge in [-0.1, -0.05) is 6.92 Å². The molecule has 0 aromatic carbocycles. The molecule has 1 aliphatic rings. The van der Waals surface area contributed by atoms with E-state index in [9.17, 15) is 18.3 Å². The summed E-state index contributed by atoms with van der Waals surface area (Å²) in [5.41, 5.74) is -1.03.